The van der Waals surface area contributed by atoms with Gasteiger partial charge in [0.15, 0.2) is 0 Å². The van der Waals surface area contributed by atoms with Crippen molar-refractivity contribution in [1.82, 2.24) is 5.32 Å². The standard InChI is InChI=1S/C14H16Cl2N2O3/c15-10-4-3-9(7-11(10)16)18-13(21)17-8-14(12(19)20)5-1-2-6-14/h3-4,7H,1-2,5-6,8H2,(H,19,20)(H2,17,18,21). The number of halogens is 2. The summed E-state index contributed by atoms with van der Waals surface area (Å²) in [6.07, 6.45) is 2.94. The van der Waals surface area contributed by atoms with Gasteiger partial charge in [-0.25, -0.2) is 4.79 Å². The second-order valence-corrected chi connectivity index (χ2v) is 6.04. The minimum absolute atomic E-state index is 0.121. The maximum absolute atomic E-state index is 11.8. The molecule has 7 heteroatoms. The Balaban J connectivity index is 1.92. The lowest BCUT2D eigenvalue weighted by atomic mass is 9.86. The van der Waals surface area contributed by atoms with E-state index in [0.29, 0.717) is 28.6 Å². The number of hydrogen-bond donors (Lipinski definition) is 3. The first-order chi connectivity index (χ1) is 9.93. The molecule has 0 unspecified atom stereocenters. The summed E-state index contributed by atoms with van der Waals surface area (Å²) in [5.41, 5.74) is -0.340. The fraction of sp³-hybridized carbons (Fsp3) is 0.429. The van der Waals surface area contributed by atoms with Crippen molar-refractivity contribution in [2.75, 3.05) is 11.9 Å². The zero-order valence-corrected chi connectivity index (χ0v) is 12.8. The minimum atomic E-state index is -0.852. The van der Waals surface area contributed by atoms with Gasteiger partial charge in [0.2, 0.25) is 0 Å². The Hall–Kier alpha value is -1.46. The van der Waals surface area contributed by atoms with E-state index in [9.17, 15) is 14.7 Å². The number of nitrogens with one attached hydrogen (secondary N) is 2. The fourth-order valence-corrected chi connectivity index (χ4v) is 2.81. The summed E-state index contributed by atoms with van der Waals surface area (Å²) >= 11 is 11.7. The molecule has 0 aliphatic heterocycles. The third kappa shape index (κ3) is 3.80. The van der Waals surface area contributed by atoms with Crippen molar-refractivity contribution in [3.63, 3.8) is 0 Å². The maximum atomic E-state index is 11.8. The topological polar surface area (TPSA) is 78.4 Å². The van der Waals surface area contributed by atoms with Crippen LogP contribution in [0.5, 0.6) is 0 Å². The molecule has 0 aromatic heterocycles. The SMILES string of the molecule is O=C(NCC1(C(=O)O)CCCC1)Nc1ccc(Cl)c(Cl)c1. The van der Waals surface area contributed by atoms with Gasteiger partial charge >= 0.3 is 12.0 Å². The van der Waals surface area contributed by atoms with Gasteiger partial charge in [0.1, 0.15) is 0 Å². The molecule has 1 fully saturated rings. The number of amides is 2. The molecule has 0 saturated heterocycles. The largest absolute Gasteiger partial charge is 0.481 e. The van der Waals surface area contributed by atoms with E-state index >= 15 is 0 Å². The first kappa shape index (κ1) is 15.9. The van der Waals surface area contributed by atoms with Crippen LogP contribution in [0.25, 0.3) is 0 Å². The van der Waals surface area contributed by atoms with E-state index in [1.54, 1.807) is 12.1 Å². The summed E-state index contributed by atoms with van der Waals surface area (Å²) in [5.74, 6) is -0.852. The van der Waals surface area contributed by atoms with Crippen molar-refractivity contribution in [3.05, 3.63) is 28.2 Å². The van der Waals surface area contributed by atoms with Crippen LogP contribution in [0.4, 0.5) is 10.5 Å². The molecule has 1 aliphatic carbocycles. The lowest BCUT2D eigenvalue weighted by Crippen LogP contribution is -2.42. The van der Waals surface area contributed by atoms with Crippen LogP contribution in [-0.2, 0) is 4.79 Å². The van der Waals surface area contributed by atoms with Gasteiger partial charge in [0.25, 0.3) is 0 Å². The fourth-order valence-electron chi connectivity index (χ4n) is 2.52. The molecule has 0 spiro atoms. The third-order valence-corrected chi connectivity index (χ3v) is 4.52. The molecule has 5 nitrogen and oxygen atoms in total. The van der Waals surface area contributed by atoms with E-state index in [4.69, 9.17) is 23.2 Å². The Morgan fingerprint density at radius 3 is 2.43 bits per heavy atom. The Morgan fingerprint density at radius 2 is 1.86 bits per heavy atom. The Kier molecular flexibility index (Phi) is 4.96. The monoisotopic (exact) mass is 330 g/mol. The van der Waals surface area contributed by atoms with Gasteiger partial charge in [-0.1, -0.05) is 36.0 Å². The molecule has 3 N–H and O–H groups in total. The van der Waals surface area contributed by atoms with E-state index < -0.39 is 17.4 Å². The van der Waals surface area contributed by atoms with Crippen LogP contribution in [0.3, 0.4) is 0 Å². The predicted molar refractivity (Wildman–Crippen MR) is 82.0 cm³/mol. The highest BCUT2D eigenvalue weighted by molar-refractivity contribution is 6.42. The second-order valence-electron chi connectivity index (χ2n) is 5.23. The summed E-state index contributed by atoms with van der Waals surface area (Å²) in [4.78, 5) is 23.2. The maximum Gasteiger partial charge on any atom is 0.319 e. The minimum Gasteiger partial charge on any atom is -0.481 e. The quantitative estimate of drug-likeness (QED) is 0.786. The van der Waals surface area contributed by atoms with Crippen LogP contribution in [0, 0.1) is 5.41 Å². The summed E-state index contributed by atoms with van der Waals surface area (Å²) in [6, 6.07) is 4.28. The van der Waals surface area contributed by atoms with Crippen molar-refractivity contribution in [3.8, 4) is 0 Å². The molecule has 1 saturated carbocycles. The van der Waals surface area contributed by atoms with E-state index in [-0.39, 0.29) is 6.54 Å². The molecular weight excluding hydrogens is 315 g/mol. The number of anilines is 1. The van der Waals surface area contributed by atoms with E-state index in [0.717, 1.165) is 12.8 Å². The summed E-state index contributed by atoms with van der Waals surface area (Å²) in [5, 5.41) is 15.3. The highest BCUT2D eigenvalue weighted by atomic mass is 35.5. The zero-order valence-electron chi connectivity index (χ0n) is 11.3. The van der Waals surface area contributed by atoms with Crippen molar-refractivity contribution < 1.29 is 14.7 Å². The van der Waals surface area contributed by atoms with E-state index in [1.807, 2.05) is 0 Å². The molecule has 21 heavy (non-hydrogen) atoms. The predicted octanol–water partition coefficient (Wildman–Crippen LogP) is 3.76. The number of rotatable bonds is 4. The highest BCUT2D eigenvalue weighted by Crippen LogP contribution is 2.37. The number of carboxylic acid groups (broad SMARTS) is 1. The lowest BCUT2D eigenvalue weighted by Gasteiger charge is -2.24. The molecule has 0 heterocycles. The Labute approximate surface area is 132 Å². The number of aliphatic carboxylic acids is 1. The molecule has 0 bridgehead atoms. The van der Waals surface area contributed by atoms with Crippen molar-refractivity contribution in [2.24, 2.45) is 5.41 Å². The average Bonchev–Trinajstić information content (AvgIpc) is 2.91. The summed E-state index contributed by atoms with van der Waals surface area (Å²) < 4.78 is 0. The van der Waals surface area contributed by atoms with Gasteiger partial charge in [0.05, 0.1) is 15.5 Å². The van der Waals surface area contributed by atoms with Crippen LogP contribution in [0.1, 0.15) is 25.7 Å². The van der Waals surface area contributed by atoms with E-state index in [2.05, 4.69) is 10.6 Å². The van der Waals surface area contributed by atoms with Gasteiger partial charge in [-0.15, -0.1) is 0 Å². The summed E-state index contributed by atoms with van der Waals surface area (Å²) in [6.45, 7) is 0.121. The molecule has 2 rings (SSSR count). The number of hydrogen-bond acceptors (Lipinski definition) is 2. The van der Waals surface area contributed by atoms with Crippen LogP contribution >= 0.6 is 23.2 Å². The molecule has 1 aromatic rings. The number of benzene rings is 1. The second kappa shape index (κ2) is 6.54. The third-order valence-electron chi connectivity index (χ3n) is 3.78. The first-order valence-electron chi connectivity index (χ1n) is 6.66. The molecule has 0 atom stereocenters. The van der Waals surface area contributed by atoms with Gasteiger partial charge in [0, 0.05) is 12.2 Å². The highest BCUT2D eigenvalue weighted by Gasteiger charge is 2.41. The van der Waals surface area contributed by atoms with Crippen molar-refractivity contribution in [2.45, 2.75) is 25.7 Å². The molecular formula is C14H16Cl2N2O3. The zero-order chi connectivity index (χ0) is 15.5. The Morgan fingerprint density at radius 1 is 1.19 bits per heavy atom. The van der Waals surface area contributed by atoms with Gasteiger partial charge in [-0.2, -0.15) is 0 Å². The van der Waals surface area contributed by atoms with Gasteiger partial charge in [-0.05, 0) is 31.0 Å². The van der Waals surface area contributed by atoms with Crippen LogP contribution in [-0.4, -0.2) is 23.7 Å². The normalized spacial score (nSPS) is 16.5. The van der Waals surface area contributed by atoms with Gasteiger partial charge in [-0.3, -0.25) is 4.79 Å². The van der Waals surface area contributed by atoms with Crippen molar-refractivity contribution in [1.29, 1.82) is 0 Å². The van der Waals surface area contributed by atoms with Crippen LogP contribution in [0.2, 0.25) is 10.0 Å². The number of urea groups is 1. The Bertz CT molecular complexity index is 557. The van der Waals surface area contributed by atoms with Crippen molar-refractivity contribution >= 4 is 40.9 Å². The smallest absolute Gasteiger partial charge is 0.319 e. The van der Waals surface area contributed by atoms with E-state index in [1.165, 1.54) is 6.07 Å². The molecule has 0 radical (unpaired) electrons. The molecule has 1 aromatic carbocycles. The average molecular weight is 331 g/mol. The first-order valence-corrected chi connectivity index (χ1v) is 7.42. The van der Waals surface area contributed by atoms with Gasteiger partial charge < -0.3 is 15.7 Å². The lowest BCUT2D eigenvalue weighted by molar-refractivity contribution is -0.148. The molecule has 114 valence electrons. The summed E-state index contributed by atoms with van der Waals surface area (Å²) in [7, 11) is 0. The number of carboxylic acids is 1. The molecule has 1 aliphatic rings. The van der Waals surface area contributed by atoms with Crippen LogP contribution < -0.4 is 10.6 Å². The number of carbonyl (C=O) groups is 2. The molecule has 2 amide bonds. The van der Waals surface area contributed by atoms with Crippen LogP contribution in [0.15, 0.2) is 18.2 Å². The number of carbonyl (C=O) groups excluding carboxylic acids is 1.